The number of aliphatic hydroxyl groups excluding tert-OH is 1. The molecule has 4 nitrogen and oxygen atoms in total. The van der Waals surface area contributed by atoms with Crippen LogP contribution < -0.4 is 4.72 Å². The van der Waals surface area contributed by atoms with E-state index in [0.29, 0.717) is 17.3 Å². The maximum absolute atomic E-state index is 12.3. The molecule has 2 atom stereocenters. The molecule has 1 aliphatic rings. The van der Waals surface area contributed by atoms with Gasteiger partial charge < -0.3 is 5.11 Å². The van der Waals surface area contributed by atoms with Crippen molar-refractivity contribution in [2.75, 3.05) is 0 Å². The number of rotatable bonds is 3. The van der Waals surface area contributed by atoms with Crippen LogP contribution in [0.5, 0.6) is 0 Å². The fraction of sp³-hybridized carbons (Fsp3) is 0.500. The monoisotopic (exact) mass is 367 g/mol. The Bertz CT molecular complexity index is 564. The van der Waals surface area contributed by atoms with Gasteiger partial charge in [-0.25, -0.2) is 13.1 Å². The molecule has 19 heavy (non-hydrogen) atoms. The molecule has 7 heteroatoms. The van der Waals surface area contributed by atoms with Crippen molar-refractivity contribution in [1.82, 2.24) is 4.72 Å². The van der Waals surface area contributed by atoms with E-state index in [1.165, 1.54) is 12.1 Å². The van der Waals surface area contributed by atoms with E-state index in [1.54, 1.807) is 6.07 Å². The standard InChI is InChI=1S/C12H15BrClNO3S/c13-8-5-6-12(9(14)7-8)19(17,18)15-10-3-1-2-4-11(10)16/h5-7,10-11,15-16H,1-4H2/t10-,11-/m0/s1. The fourth-order valence-corrected chi connectivity index (χ4v) is 4.55. The SMILES string of the molecule is O=S(=O)(N[C@H]1CCCC[C@@H]1O)c1ccc(Br)cc1Cl. The van der Waals surface area contributed by atoms with E-state index >= 15 is 0 Å². The highest BCUT2D eigenvalue weighted by Crippen LogP contribution is 2.27. The van der Waals surface area contributed by atoms with Gasteiger partial charge in [0, 0.05) is 10.5 Å². The normalized spacial score (nSPS) is 24.4. The molecule has 0 heterocycles. The Morgan fingerprint density at radius 2 is 2.00 bits per heavy atom. The lowest BCUT2D eigenvalue weighted by atomic mass is 9.93. The smallest absolute Gasteiger partial charge is 0.242 e. The molecule has 1 fully saturated rings. The summed E-state index contributed by atoms with van der Waals surface area (Å²) in [5.41, 5.74) is 0. The van der Waals surface area contributed by atoms with Crippen molar-refractivity contribution >= 4 is 37.6 Å². The van der Waals surface area contributed by atoms with Crippen LogP contribution in [0, 0.1) is 0 Å². The minimum absolute atomic E-state index is 0.0372. The lowest BCUT2D eigenvalue weighted by molar-refractivity contribution is 0.101. The van der Waals surface area contributed by atoms with Gasteiger partial charge in [0.15, 0.2) is 0 Å². The lowest BCUT2D eigenvalue weighted by Gasteiger charge is -2.28. The summed E-state index contributed by atoms with van der Waals surface area (Å²) in [7, 11) is -3.70. The van der Waals surface area contributed by atoms with Crippen molar-refractivity contribution in [2.24, 2.45) is 0 Å². The van der Waals surface area contributed by atoms with Crippen molar-refractivity contribution in [3.05, 3.63) is 27.7 Å². The maximum Gasteiger partial charge on any atom is 0.242 e. The van der Waals surface area contributed by atoms with Crippen LogP contribution >= 0.6 is 27.5 Å². The first kappa shape index (κ1) is 15.3. The van der Waals surface area contributed by atoms with Gasteiger partial charge in [0.1, 0.15) is 4.90 Å². The number of benzene rings is 1. The molecule has 0 aromatic heterocycles. The number of sulfonamides is 1. The Balaban J connectivity index is 2.22. The summed E-state index contributed by atoms with van der Waals surface area (Å²) in [6.07, 6.45) is 2.49. The van der Waals surface area contributed by atoms with E-state index in [0.717, 1.165) is 12.8 Å². The molecule has 1 aromatic carbocycles. The molecule has 0 amide bonds. The van der Waals surface area contributed by atoms with Crippen LogP contribution in [0.25, 0.3) is 0 Å². The number of halogens is 2. The van der Waals surface area contributed by atoms with Crippen molar-refractivity contribution in [1.29, 1.82) is 0 Å². The number of hydrogen-bond acceptors (Lipinski definition) is 3. The van der Waals surface area contributed by atoms with Gasteiger partial charge in [-0.3, -0.25) is 0 Å². The van der Waals surface area contributed by atoms with Gasteiger partial charge in [-0.05, 0) is 31.0 Å². The largest absolute Gasteiger partial charge is 0.391 e. The Morgan fingerprint density at radius 3 is 2.63 bits per heavy atom. The molecule has 1 aliphatic carbocycles. The van der Waals surface area contributed by atoms with Crippen LogP contribution in [-0.2, 0) is 10.0 Å². The number of hydrogen-bond donors (Lipinski definition) is 2. The highest BCUT2D eigenvalue weighted by molar-refractivity contribution is 9.10. The van der Waals surface area contributed by atoms with Crippen molar-refractivity contribution in [3.63, 3.8) is 0 Å². The lowest BCUT2D eigenvalue weighted by Crippen LogP contribution is -2.45. The average Bonchev–Trinajstić information content (AvgIpc) is 2.31. The summed E-state index contributed by atoms with van der Waals surface area (Å²) in [5, 5.41) is 9.98. The molecule has 0 radical (unpaired) electrons. The molecule has 2 rings (SSSR count). The molecule has 0 saturated heterocycles. The second-order valence-electron chi connectivity index (χ2n) is 4.65. The van der Waals surface area contributed by atoms with Gasteiger partial charge in [-0.2, -0.15) is 0 Å². The average molecular weight is 369 g/mol. The van der Waals surface area contributed by atoms with Crippen LogP contribution in [0.4, 0.5) is 0 Å². The van der Waals surface area contributed by atoms with E-state index in [-0.39, 0.29) is 9.92 Å². The first-order valence-electron chi connectivity index (χ1n) is 6.05. The molecule has 106 valence electrons. The van der Waals surface area contributed by atoms with E-state index in [1.807, 2.05) is 0 Å². The molecule has 0 spiro atoms. The van der Waals surface area contributed by atoms with Crippen LogP contribution in [0.2, 0.25) is 5.02 Å². The summed E-state index contributed by atoms with van der Waals surface area (Å²) in [6.45, 7) is 0. The zero-order valence-electron chi connectivity index (χ0n) is 10.1. The molecular weight excluding hydrogens is 354 g/mol. The Hall–Kier alpha value is -0.140. The summed E-state index contributed by atoms with van der Waals surface area (Å²) in [4.78, 5) is 0.0372. The van der Waals surface area contributed by atoms with Crippen LogP contribution in [0.15, 0.2) is 27.6 Å². The topological polar surface area (TPSA) is 66.4 Å². The first-order valence-corrected chi connectivity index (χ1v) is 8.71. The summed E-state index contributed by atoms with van der Waals surface area (Å²) in [6, 6.07) is 4.17. The Labute approximate surface area is 126 Å². The highest BCUT2D eigenvalue weighted by Gasteiger charge is 2.29. The second kappa shape index (κ2) is 6.10. The maximum atomic E-state index is 12.3. The molecule has 0 bridgehead atoms. The van der Waals surface area contributed by atoms with Gasteiger partial charge >= 0.3 is 0 Å². The predicted molar refractivity (Wildman–Crippen MR) is 77.7 cm³/mol. The third-order valence-corrected chi connectivity index (χ3v) is 5.69. The van der Waals surface area contributed by atoms with Gasteiger partial charge in [0.25, 0.3) is 0 Å². The van der Waals surface area contributed by atoms with Gasteiger partial charge in [-0.15, -0.1) is 0 Å². The minimum atomic E-state index is -3.70. The minimum Gasteiger partial charge on any atom is -0.391 e. The third kappa shape index (κ3) is 3.70. The quantitative estimate of drug-likeness (QED) is 0.862. The Morgan fingerprint density at radius 1 is 1.32 bits per heavy atom. The Kier molecular flexibility index (Phi) is 4.89. The number of nitrogens with one attached hydrogen (secondary N) is 1. The zero-order chi connectivity index (χ0) is 14.0. The van der Waals surface area contributed by atoms with Crippen LogP contribution in [-0.4, -0.2) is 25.7 Å². The van der Waals surface area contributed by atoms with Crippen molar-refractivity contribution < 1.29 is 13.5 Å². The second-order valence-corrected chi connectivity index (χ2v) is 7.66. The fourth-order valence-electron chi connectivity index (χ4n) is 2.20. The van der Waals surface area contributed by atoms with E-state index < -0.39 is 22.2 Å². The summed E-state index contributed by atoms with van der Waals surface area (Å²) < 4.78 is 27.8. The van der Waals surface area contributed by atoms with Gasteiger partial charge in [0.2, 0.25) is 10.0 Å². The molecule has 1 aromatic rings. The van der Waals surface area contributed by atoms with Crippen molar-refractivity contribution in [3.8, 4) is 0 Å². The van der Waals surface area contributed by atoms with Crippen LogP contribution in [0.1, 0.15) is 25.7 Å². The van der Waals surface area contributed by atoms with E-state index in [9.17, 15) is 13.5 Å². The van der Waals surface area contributed by atoms with E-state index in [4.69, 9.17) is 11.6 Å². The summed E-state index contributed by atoms with van der Waals surface area (Å²) >= 11 is 9.19. The van der Waals surface area contributed by atoms with Crippen molar-refractivity contribution in [2.45, 2.75) is 42.7 Å². The molecule has 1 saturated carbocycles. The molecule has 2 N–H and O–H groups in total. The van der Waals surface area contributed by atoms with Gasteiger partial charge in [-0.1, -0.05) is 40.4 Å². The number of aliphatic hydroxyl groups is 1. The zero-order valence-corrected chi connectivity index (χ0v) is 13.3. The first-order chi connectivity index (χ1) is 8.90. The molecule has 0 unspecified atom stereocenters. The van der Waals surface area contributed by atoms with Crippen LogP contribution in [0.3, 0.4) is 0 Å². The molecular formula is C12H15BrClNO3S. The highest BCUT2D eigenvalue weighted by atomic mass is 79.9. The third-order valence-electron chi connectivity index (χ3n) is 3.22. The summed E-state index contributed by atoms with van der Waals surface area (Å²) in [5.74, 6) is 0. The molecule has 0 aliphatic heterocycles. The van der Waals surface area contributed by atoms with E-state index in [2.05, 4.69) is 20.7 Å². The predicted octanol–water partition coefficient (Wildman–Crippen LogP) is 2.68. The van der Waals surface area contributed by atoms with Gasteiger partial charge in [0.05, 0.1) is 11.1 Å².